The summed E-state index contributed by atoms with van der Waals surface area (Å²) < 4.78 is 6.39. The van der Waals surface area contributed by atoms with Gasteiger partial charge in [-0.3, -0.25) is 0 Å². The van der Waals surface area contributed by atoms with E-state index >= 15 is 0 Å². The molecule has 14 heavy (non-hydrogen) atoms. The van der Waals surface area contributed by atoms with Gasteiger partial charge in [0.2, 0.25) is 0 Å². The van der Waals surface area contributed by atoms with Gasteiger partial charge in [-0.1, -0.05) is 18.2 Å². The number of aliphatic hydroxyl groups is 1. The van der Waals surface area contributed by atoms with Crippen LogP contribution < -0.4 is 4.74 Å². The molecule has 0 fully saturated rings. The van der Waals surface area contributed by atoms with Gasteiger partial charge in [-0.25, -0.2) is 0 Å². The number of para-hydroxylation sites is 1. The van der Waals surface area contributed by atoms with Crippen molar-refractivity contribution in [2.75, 3.05) is 0 Å². The summed E-state index contributed by atoms with van der Waals surface area (Å²) in [6, 6.07) is 9.57. The van der Waals surface area contributed by atoms with Crippen molar-refractivity contribution in [2.24, 2.45) is 0 Å². The van der Waals surface area contributed by atoms with E-state index in [9.17, 15) is 0 Å². The summed E-state index contributed by atoms with van der Waals surface area (Å²) in [6.45, 7) is 1.76. The summed E-state index contributed by atoms with van der Waals surface area (Å²) >= 11 is 2.16. The number of benzene rings is 1. The van der Waals surface area contributed by atoms with Gasteiger partial charge in [-0.2, -0.15) is 0 Å². The summed E-state index contributed by atoms with van der Waals surface area (Å²) in [5.41, 5.74) is 0. The first-order chi connectivity index (χ1) is 6.68. The average Bonchev–Trinajstić information content (AvgIpc) is 2.15. The third kappa shape index (κ3) is 4.62. The normalized spacial score (nSPS) is 13.8. The molecule has 3 heteroatoms. The van der Waals surface area contributed by atoms with Crippen LogP contribution in [0.2, 0.25) is 0 Å². The Morgan fingerprint density at radius 3 is 2.71 bits per heavy atom. The molecule has 0 aliphatic carbocycles. The van der Waals surface area contributed by atoms with Gasteiger partial charge in [0.1, 0.15) is 12.0 Å². The molecule has 2 nitrogen and oxygen atoms in total. The molecule has 0 saturated heterocycles. The highest BCUT2D eigenvalue weighted by molar-refractivity contribution is 14.1. The molecule has 0 amide bonds. The van der Waals surface area contributed by atoms with Crippen LogP contribution in [0.4, 0.5) is 0 Å². The summed E-state index contributed by atoms with van der Waals surface area (Å²) in [5.74, 6) is 0.812. The number of aliphatic hydroxyl groups excluding tert-OH is 1. The quantitative estimate of drug-likeness (QED) is 0.684. The molecule has 0 bridgehead atoms. The molecule has 1 N–H and O–H groups in total. The Hall–Kier alpha value is -0.550. The molecule has 0 saturated carbocycles. The Bertz CT molecular complexity index is 293. The van der Waals surface area contributed by atoms with Gasteiger partial charge in [0.15, 0.2) is 0 Å². The van der Waals surface area contributed by atoms with Crippen LogP contribution in [-0.4, -0.2) is 11.2 Å². The SMILES string of the molecule is CC(O)CC(I)=COc1ccccc1. The fourth-order valence-corrected chi connectivity index (χ4v) is 1.73. The fourth-order valence-electron chi connectivity index (χ4n) is 0.961. The fraction of sp³-hybridized carbons (Fsp3) is 0.273. The van der Waals surface area contributed by atoms with Gasteiger partial charge in [0.25, 0.3) is 0 Å². The second-order valence-electron chi connectivity index (χ2n) is 3.05. The van der Waals surface area contributed by atoms with Crippen LogP contribution in [0.25, 0.3) is 0 Å². The van der Waals surface area contributed by atoms with Crippen molar-refractivity contribution in [3.05, 3.63) is 40.2 Å². The lowest BCUT2D eigenvalue weighted by Crippen LogP contribution is -1.98. The topological polar surface area (TPSA) is 29.5 Å². The summed E-state index contributed by atoms with van der Waals surface area (Å²) in [6.07, 6.45) is 1.98. The van der Waals surface area contributed by atoms with E-state index in [4.69, 9.17) is 9.84 Å². The van der Waals surface area contributed by atoms with Crippen molar-refractivity contribution >= 4 is 22.6 Å². The Kier molecular flexibility index (Phi) is 4.97. The maximum Gasteiger partial charge on any atom is 0.126 e. The molecule has 1 unspecified atom stereocenters. The van der Waals surface area contributed by atoms with E-state index in [0.29, 0.717) is 6.42 Å². The highest BCUT2D eigenvalue weighted by Crippen LogP contribution is 2.16. The first-order valence-corrected chi connectivity index (χ1v) is 5.50. The lowest BCUT2D eigenvalue weighted by molar-refractivity contribution is 0.197. The minimum absolute atomic E-state index is 0.322. The molecule has 0 aromatic heterocycles. The number of hydrogen-bond donors (Lipinski definition) is 1. The predicted octanol–water partition coefficient (Wildman–Crippen LogP) is 3.11. The van der Waals surface area contributed by atoms with E-state index in [-0.39, 0.29) is 6.10 Å². The number of hydrogen-bond acceptors (Lipinski definition) is 2. The molecule has 0 radical (unpaired) electrons. The van der Waals surface area contributed by atoms with E-state index in [1.54, 1.807) is 13.2 Å². The van der Waals surface area contributed by atoms with Crippen LogP contribution in [0.1, 0.15) is 13.3 Å². The summed E-state index contributed by atoms with van der Waals surface area (Å²) in [7, 11) is 0. The van der Waals surface area contributed by atoms with E-state index in [0.717, 1.165) is 9.33 Å². The molecule has 0 aliphatic rings. The molecule has 0 spiro atoms. The van der Waals surface area contributed by atoms with Crippen LogP contribution in [-0.2, 0) is 0 Å². The van der Waals surface area contributed by atoms with Crippen molar-refractivity contribution in [1.82, 2.24) is 0 Å². The largest absolute Gasteiger partial charge is 0.464 e. The molecule has 1 rings (SSSR count). The van der Waals surface area contributed by atoms with Crippen molar-refractivity contribution < 1.29 is 9.84 Å². The monoisotopic (exact) mass is 304 g/mol. The van der Waals surface area contributed by atoms with Crippen molar-refractivity contribution in [2.45, 2.75) is 19.4 Å². The van der Waals surface area contributed by atoms with Gasteiger partial charge in [-0.05, 0) is 41.6 Å². The zero-order chi connectivity index (χ0) is 10.4. The Balaban J connectivity index is 2.47. The molecular formula is C11H13IO2. The standard InChI is InChI=1S/C11H13IO2/c1-9(13)7-10(12)8-14-11-5-3-2-4-6-11/h2-6,8-9,13H,7H2,1H3. The summed E-state index contributed by atoms with van der Waals surface area (Å²) in [4.78, 5) is 0. The second kappa shape index (κ2) is 6.03. The van der Waals surface area contributed by atoms with Crippen LogP contribution in [0, 0.1) is 0 Å². The smallest absolute Gasteiger partial charge is 0.126 e. The van der Waals surface area contributed by atoms with Crippen LogP contribution >= 0.6 is 22.6 Å². The zero-order valence-electron chi connectivity index (χ0n) is 7.98. The third-order valence-corrected chi connectivity index (χ3v) is 2.25. The van der Waals surface area contributed by atoms with E-state index < -0.39 is 0 Å². The summed E-state index contributed by atoms with van der Waals surface area (Å²) in [5, 5.41) is 9.12. The molecule has 0 heterocycles. The lowest BCUT2D eigenvalue weighted by Gasteiger charge is -2.03. The first-order valence-electron chi connectivity index (χ1n) is 4.43. The lowest BCUT2D eigenvalue weighted by atomic mass is 10.3. The van der Waals surface area contributed by atoms with Gasteiger partial charge in [0, 0.05) is 10.0 Å². The van der Waals surface area contributed by atoms with Gasteiger partial charge in [0.05, 0.1) is 6.10 Å². The minimum Gasteiger partial charge on any atom is -0.464 e. The highest BCUT2D eigenvalue weighted by atomic mass is 127. The van der Waals surface area contributed by atoms with Gasteiger partial charge < -0.3 is 9.84 Å². The van der Waals surface area contributed by atoms with Crippen molar-refractivity contribution in [3.8, 4) is 5.75 Å². The van der Waals surface area contributed by atoms with E-state index in [1.807, 2.05) is 30.3 Å². The number of halogens is 1. The van der Waals surface area contributed by atoms with Gasteiger partial charge >= 0.3 is 0 Å². The average molecular weight is 304 g/mol. The molecule has 1 aromatic carbocycles. The van der Waals surface area contributed by atoms with E-state index in [2.05, 4.69) is 22.6 Å². The third-order valence-electron chi connectivity index (χ3n) is 1.56. The van der Waals surface area contributed by atoms with E-state index in [1.165, 1.54) is 0 Å². The maximum absolute atomic E-state index is 9.12. The Labute approximate surface area is 97.7 Å². The molecule has 0 aliphatic heterocycles. The van der Waals surface area contributed by atoms with Crippen molar-refractivity contribution in [3.63, 3.8) is 0 Å². The highest BCUT2D eigenvalue weighted by Gasteiger charge is 1.98. The zero-order valence-corrected chi connectivity index (χ0v) is 10.1. The van der Waals surface area contributed by atoms with Crippen molar-refractivity contribution in [1.29, 1.82) is 0 Å². The van der Waals surface area contributed by atoms with Gasteiger partial charge in [-0.15, -0.1) is 0 Å². The molecule has 76 valence electrons. The molecular weight excluding hydrogens is 291 g/mol. The number of ether oxygens (including phenoxy) is 1. The Morgan fingerprint density at radius 1 is 1.50 bits per heavy atom. The maximum atomic E-state index is 9.12. The predicted molar refractivity (Wildman–Crippen MR) is 65.5 cm³/mol. The second-order valence-corrected chi connectivity index (χ2v) is 4.43. The number of rotatable bonds is 4. The first kappa shape index (κ1) is 11.5. The molecule has 1 aromatic rings. The molecule has 1 atom stereocenters. The van der Waals surface area contributed by atoms with Crippen LogP contribution in [0.5, 0.6) is 5.75 Å². The minimum atomic E-state index is -0.322. The van der Waals surface area contributed by atoms with Crippen LogP contribution in [0.3, 0.4) is 0 Å². The Morgan fingerprint density at radius 2 is 2.14 bits per heavy atom. The van der Waals surface area contributed by atoms with Crippen LogP contribution in [0.15, 0.2) is 40.2 Å².